The fourth-order valence-corrected chi connectivity index (χ4v) is 1.02. The van der Waals surface area contributed by atoms with E-state index in [4.69, 9.17) is 5.14 Å². The van der Waals surface area contributed by atoms with Crippen LogP contribution in [0, 0.1) is 0 Å². The molecule has 0 saturated heterocycles. The Bertz CT molecular complexity index is 330. The van der Waals surface area contributed by atoms with Gasteiger partial charge < -0.3 is 5.32 Å². The van der Waals surface area contributed by atoms with Gasteiger partial charge in [-0.1, -0.05) is 18.2 Å². The van der Waals surface area contributed by atoms with E-state index < -0.39 is 10.0 Å². The predicted molar refractivity (Wildman–Crippen MR) is 54.9 cm³/mol. The van der Waals surface area contributed by atoms with E-state index in [0.717, 1.165) is 0 Å². The number of carbonyl (C=O) groups excluding carboxylic acids is 1. The van der Waals surface area contributed by atoms with Gasteiger partial charge in [0.15, 0.2) is 0 Å². The highest BCUT2D eigenvalue weighted by molar-refractivity contribution is 7.89. The Morgan fingerprint density at radius 3 is 2.57 bits per heavy atom. The smallest absolute Gasteiger partial charge is 0.244 e. The maximum absolute atomic E-state index is 10.9. The van der Waals surface area contributed by atoms with Gasteiger partial charge in [0.1, 0.15) is 0 Å². The molecule has 0 aliphatic carbocycles. The average molecular weight is 218 g/mol. The quantitative estimate of drug-likeness (QED) is 0.482. The molecule has 0 unspecified atom stereocenters. The molecule has 5 nitrogen and oxygen atoms in total. The lowest BCUT2D eigenvalue weighted by atomic mass is 10.4. The topological polar surface area (TPSA) is 89.3 Å². The zero-order chi connectivity index (χ0) is 11.0. The predicted octanol–water partition coefficient (Wildman–Crippen LogP) is -0.477. The molecule has 0 rings (SSSR count). The molecule has 0 bridgehead atoms. The second-order valence-corrected chi connectivity index (χ2v) is 4.28. The largest absolute Gasteiger partial charge is 0.351 e. The maximum Gasteiger partial charge on any atom is 0.244 e. The van der Waals surface area contributed by atoms with E-state index in [1.165, 1.54) is 6.08 Å². The van der Waals surface area contributed by atoms with Crippen molar-refractivity contribution in [1.82, 2.24) is 5.32 Å². The Labute approximate surface area is 83.7 Å². The first-order chi connectivity index (χ1) is 6.45. The van der Waals surface area contributed by atoms with Gasteiger partial charge in [0, 0.05) is 12.6 Å². The van der Waals surface area contributed by atoms with Gasteiger partial charge in [-0.05, 0) is 6.92 Å². The highest BCUT2D eigenvalue weighted by atomic mass is 32.2. The number of amides is 1. The highest BCUT2D eigenvalue weighted by Gasteiger charge is 2.02. The third-order valence-corrected chi connectivity index (χ3v) is 2.01. The van der Waals surface area contributed by atoms with Gasteiger partial charge in [-0.2, -0.15) is 0 Å². The summed E-state index contributed by atoms with van der Waals surface area (Å²) in [7, 11) is -3.50. The van der Waals surface area contributed by atoms with E-state index in [9.17, 15) is 13.2 Å². The molecule has 6 heteroatoms. The monoisotopic (exact) mass is 218 g/mol. The second kappa shape index (κ2) is 6.33. The fourth-order valence-electron chi connectivity index (χ4n) is 0.629. The minimum Gasteiger partial charge on any atom is -0.351 e. The third-order valence-electron chi connectivity index (χ3n) is 1.24. The van der Waals surface area contributed by atoms with Gasteiger partial charge in [-0.15, -0.1) is 0 Å². The van der Waals surface area contributed by atoms with Crippen molar-refractivity contribution in [3.8, 4) is 0 Å². The van der Waals surface area contributed by atoms with Crippen molar-refractivity contribution in [3.63, 3.8) is 0 Å². The van der Waals surface area contributed by atoms with E-state index in [0.29, 0.717) is 0 Å². The number of sulfonamides is 1. The normalized spacial score (nSPS) is 12.4. The van der Waals surface area contributed by atoms with Crippen LogP contribution in [0.2, 0.25) is 0 Å². The molecule has 0 saturated carbocycles. The van der Waals surface area contributed by atoms with Crippen molar-refractivity contribution >= 4 is 15.9 Å². The van der Waals surface area contributed by atoms with Gasteiger partial charge in [-0.25, -0.2) is 13.6 Å². The summed E-state index contributed by atoms with van der Waals surface area (Å²) in [4.78, 5) is 10.9. The molecule has 0 atom stereocenters. The number of primary sulfonamides is 1. The van der Waals surface area contributed by atoms with Crippen LogP contribution in [0.3, 0.4) is 0 Å². The van der Waals surface area contributed by atoms with Crippen molar-refractivity contribution in [2.75, 3.05) is 12.3 Å². The van der Waals surface area contributed by atoms with Crippen molar-refractivity contribution in [3.05, 3.63) is 24.3 Å². The van der Waals surface area contributed by atoms with Crippen LogP contribution in [0.4, 0.5) is 0 Å². The number of nitrogens with one attached hydrogen (secondary N) is 1. The molecular weight excluding hydrogens is 204 g/mol. The molecule has 0 aromatic rings. The van der Waals surface area contributed by atoms with E-state index in [1.807, 2.05) is 6.92 Å². The molecule has 3 N–H and O–H groups in total. The summed E-state index contributed by atoms with van der Waals surface area (Å²) in [5.74, 6) is -0.595. The summed E-state index contributed by atoms with van der Waals surface area (Å²) >= 11 is 0. The molecule has 0 radical (unpaired) electrons. The van der Waals surface area contributed by atoms with Crippen LogP contribution in [0.25, 0.3) is 0 Å². The minimum absolute atomic E-state index is 0.0256. The van der Waals surface area contributed by atoms with E-state index in [1.54, 1.807) is 18.2 Å². The summed E-state index contributed by atoms with van der Waals surface area (Å²) in [5.41, 5.74) is 0. The lowest BCUT2D eigenvalue weighted by Crippen LogP contribution is -2.30. The highest BCUT2D eigenvalue weighted by Crippen LogP contribution is 1.79. The van der Waals surface area contributed by atoms with E-state index in [-0.39, 0.29) is 18.2 Å². The van der Waals surface area contributed by atoms with Crippen LogP contribution in [0.15, 0.2) is 24.3 Å². The van der Waals surface area contributed by atoms with Crippen molar-refractivity contribution < 1.29 is 13.2 Å². The number of allylic oxidation sites excluding steroid dienone is 3. The number of nitrogens with two attached hydrogens (primary N) is 1. The fraction of sp³-hybridized carbons (Fsp3) is 0.375. The summed E-state index contributed by atoms with van der Waals surface area (Å²) in [6, 6.07) is 0. The standard InChI is InChI=1S/C8H14N2O3S/c1-2-3-4-5-8(11)10-6-7-14(9,12)13/h2-5H,6-7H2,1H3,(H,10,11)(H2,9,12,13)/b3-2+,5-4+. The summed E-state index contributed by atoms with van der Waals surface area (Å²) in [5, 5.41) is 7.11. The first-order valence-corrected chi connectivity index (χ1v) is 5.75. The SMILES string of the molecule is C/C=C/C=C/C(=O)NCCS(N)(=O)=O. The van der Waals surface area contributed by atoms with Gasteiger partial charge in [-0.3, -0.25) is 4.79 Å². The molecule has 0 spiro atoms. The molecule has 0 aromatic carbocycles. The molecular formula is C8H14N2O3S. The Balaban J connectivity index is 3.76. The van der Waals surface area contributed by atoms with Crippen LogP contribution in [-0.2, 0) is 14.8 Å². The second-order valence-electron chi connectivity index (χ2n) is 2.54. The van der Waals surface area contributed by atoms with Gasteiger partial charge in [0.2, 0.25) is 15.9 Å². The number of rotatable bonds is 5. The van der Waals surface area contributed by atoms with Crippen LogP contribution in [0.5, 0.6) is 0 Å². The van der Waals surface area contributed by atoms with Crippen molar-refractivity contribution in [2.24, 2.45) is 5.14 Å². The first-order valence-electron chi connectivity index (χ1n) is 4.03. The van der Waals surface area contributed by atoms with Crippen molar-refractivity contribution in [1.29, 1.82) is 0 Å². The Kier molecular flexibility index (Phi) is 5.82. The van der Waals surface area contributed by atoms with E-state index in [2.05, 4.69) is 5.32 Å². The number of carbonyl (C=O) groups is 1. The van der Waals surface area contributed by atoms with Gasteiger partial charge in [0.05, 0.1) is 5.75 Å². The third kappa shape index (κ3) is 8.95. The number of hydrogen-bond acceptors (Lipinski definition) is 3. The first kappa shape index (κ1) is 12.9. The molecule has 1 amide bonds. The van der Waals surface area contributed by atoms with Crippen LogP contribution in [0.1, 0.15) is 6.92 Å². The molecule has 0 aromatic heterocycles. The number of hydrogen-bond donors (Lipinski definition) is 2. The molecule has 0 aliphatic rings. The average Bonchev–Trinajstić information content (AvgIpc) is 2.02. The van der Waals surface area contributed by atoms with Crippen molar-refractivity contribution in [2.45, 2.75) is 6.92 Å². The van der Waals surface area contributed by atoms with E-state index >= 15 is 0 Å². The maximum atomic E-state index is 10.9. The summed E-state index contributed by atoms with van der Waals surface area (Å²) < 4.78 is 20.9. The van der Waals surface area contributed by atoms with Gasteiger partial charge in [0.25, 0.3) is 0 Å². The zero-order valence-corrected chi connectivity index (χ0v) is 8.75. The van der Waals surface area contributed by atoms with Crippen LogP contribution >= 0.6 is 0 Å². The van der Waals surface area contributed by atoms with Crippen LogP contribution in [-0.4, -0.2) is 26.6 Å². The molecule has 80 valence electrons. The molecule has 14 heavy (non-hydrogen) atoms. The molecule has 0 heterocycles. The summed E-state index contributed by atoms with van der Waals surface area (Å²) in [6.45, 7) is 1.85. The Hall–Kier alpha value is -1.14. The minimum atomic E-state index is -3.50. The van der Waals surface area contributed by atoms with Crippen LogP contribution < -0.4 is 10.5 Å². The Morgan fingerprint density at radius 1 is 1.43 bits per heavy atom. The lowest BCUT2D eigenvalue weighted by molar-refractivity contribution is -0.116. The molecule has 0 aliphatic heterocycles. The zero-order valence-electron chi connectivity index (χ0n) is 7.93. The summed E-state index contributed by atoms with van der Waals surface area (Å²) in [6.07, 6.45) is 6.34. The Morgan fingerprint density at radius 2 is 2.07 bits per heavy atom. The lowest BCUT2D eigenvalue weighted by Gasteiger charge is -1.99. The molecule has 0 fully saturated rings. The van der Waals surface area contributed by atoms with Gasteiger partial charge >= 0.3 is 0 Å².